The van der Waals surface area contributed by atoms with Crippen molar-refractivity contribution in [3.05, 3.63) is 65.6 Å². The lowest BCUT2D eigenvalue weighted by Gasteiger charge is -2.28. The van der Waals surface area contributed by atoms with Crippen LogP contribution < -0.4 is 15.5 Å². The third kappa shape index (κ3) is 8.58. The second kappa shape index (κ2) is 14.9. The smallest absolute Gasteiger partial charge is 0.251 e. The summed E-state index contributed by atoms with van der Waals surface area (Å²) < 4.78 is 33.5. The van der Waals surface area contributed by atoms with Crippen molar-refractivity contribution < 1.29 is 27.9 Å². The molecule has 1 aliphatic heterocycles. The number of benzene rings is 1. The Morgan fingerprint density at radius 1 is 1.17 bits per heavy atom. The van der Waals surface area contributed by atoms with Crippen LogP contribution in [-0.4, -0.2) is 58.2 Å². The number of halogens is 2. The second-order valence-electron chi connectivity index (χ2n) is 10.8. The number of nitrogens with zero attached hydrogens (tertiary/aromatic N) is 3. The predicted molar refractivity (Wildman–Crippen MR) is 155 cm³/mol. The number of rotatable bonds is 14. The Bertz CT molecular complexity index is 1310. The van der Waals surface area contributed by atoms with Crippen LogP contribution >= 0.6 is 0 Å². The number of pyridine rings is 1. The van der Waals surface area contributed by atoms with Gasteiger partial charge in [0.1, 0.15) is 29.4 Å². The SMILES string of the molecule is CCCN(CCC)c1cc(C(=O)NC(Cc2cc(F)cc(F)c2)C(O)CCC2CCCC(=O)N2)cc(-c2ncco2)n1. The van der Waals surface area contributed by atoms with Crippen molar-refractivity contribution in [3.8, 4) is 11.6 Å². The van der Waals surface area contributed by atoms with Crippen LogP contribution in [0, 0.1) is 11.6 Å². The summed E-state index contributed by atoms with van der Waals surface area (Å²) in [5, 5.41) is 17.1. The molecule has 0 radical (unpaired) electrons. The Morgan fingerprint density at radius 3 is 2.55 bits per heavy atom. The van der Waals surface area contributed by atoms with Gasteiger partial charge in [-0.3, -0.25) is 9.59 Å². The molecule has 3 aromatic rings. The molecule has 3 N–H and O–H groups in total. The molecule has 4 rings (SSSR count). The van der Waals surface area contributed by atoms with E-state index in [9.17, 15) is 23.5 Å². The predicted octanol–water partition coefficient (Wildman–Crippen LogP) is 4.79. The maximum atomic E-state index is 14.0. The number of aliphatic hydroxyl groups excluding tert-OH is 1. The quantitative estimate of drug-likeness (QED) is 0.250. The Labute approximate surface area is 244 Å². The Morgan fingerprint density at radius 2 is 1.90 bits per heavy atom. The lowest BCUT2D eigenvalue weighted by atomic mass is 9.93. The molecule has 2 aromatic heterocycles. The maximum Gasteiger partial charge on any atom is 0.251 e. The largest absolute Gasteiger partial charge is 0.443 e. The average Bonchev–Trinajstić information content (AvgIpc) is 3.50. The molecule has 42 heavy (non-hydrogen) atoms. The number of carbonyl (C=O) groups excluding carboxylic acids is 2. The minimum absolute atomic E-state index is 0.000937. The first kappa shape index (κ1) is 31.1. The lowest BCUT2D eigenvalue weighted by Crippen LogP contribution is -2.46. The van der Waals surface area contributed by atoms with Gasteiger partial charge >= 0.3 is 0 Å². The van der Waals surface area contributed by atoms with Crippen molar-refractivity contribution in [2.45, 2.75) is 83.4 Å². The molecule has 1 aliphatic rings. The zero-order valence-corrected chi connectivity index (χ0v) is 24.1. The van der Waals surface area contributed by atoms with E-state index in [4.69, 9.17) is 9.40 Å². The number of aliphatic hydroxyl groups is 1. The van der Waals surface area contributed by atoms with Crippen LogP contribution in [0.25, 0.3) is 11.6 Å². The fraction of sp³-hybridized carbons (Fsp3) is 0.484. The van der Waals surface area contributed by atoms with Gasteiger partial charge in [0.2, 0.25) is 11.8 Å². The number of piperidine rings is 1. The third-order valence-corrected chi connectivity index (χ3v) is 7.33. The molecule has 0 bridgehead atoms. The number of aromatic nitrogens is 2. The summed E-state index contributed by atoms with van der Waals surface area (Å²) in [7, 11) is 0. The fourth-order valence-corrected chi connectivity index (χ4v) is 5.34. The van der Waals surface area contributed by atoms with E-state index in [0.717, 1.165) is 44.8 Å². The van der Waals surface area contributed by atoms with Gasteiger partial charge in [-0.1, -0.05) is 13.8 Å². The number of amides is 2. The molecular formula is C31H39F2N5O4. The number of hydrogen-bond donors (Lipinski definition) is 3. The van der Waals surface area contributed by atoms with E-state index in [0.29, 0.717) is 29.9 Å². The highest BCUT2D eigenvalue weighted by molar-refractivity contribution is 5.96. The summed E-state index contributed by atoms with van der Waals surface area (Å²) in [6, 6.07) is 5.49. The average molecular weight is 584 g/mol. The number of oxazole rings is 1. The maximum absolute atomic E-state index is 14.0. The van der Waals surface area contributed by atoms with Crippen LogP contribution in [0.15, 0.2) is 47.2 Å². The van der Waals surface area contributed by atoms with Gasteiger partial charge in [0.05, 0.1) is 18.3 Å². The van der Waals surface area contributed by atoms with Crippen LogP contribution in [0.5, 0.6) is 0 Å². The monoisotopic (exact) mass is 583 g/mol. The van der Waals surface area contributed by atoms with Crippen molar-refractivity contribution >= 4 is 17.6 Å². The highest BCUT2D eigenvalue weighted by Gasteiger charge is 2.26. The van der Waals surface area contributed by atoms with Crippen molar-refractivity contribution in [3.63, 3.8) is 0 Å². The lowest BCUT2D eigenvalue weighted by molar-refractivity contribution is -0.123. The minimum atomic E-state index is -1.04. The van der Waals surface area contributed by atoms with Gasteiger partial charge in [-0.25, -0.2) is 18.7 Å². The van der Waals surface area contributed by atoms with Crippen molar-refractivity contribution in [2.75, 3.05) is 18.0 Å². The fourth-order valence-electron chi connectivity index (χ4n) is 5.34. The van der Waals surface area contributed by atoms with Gasteiger partial charge < -0.3 is 25.1 Å². The molecule has 1 saturated heterocycles. The van der Waals surface area contributed by atoms with Crippen molar-refractivity contribution in [2.24, 2.45) is 0 Å². The van der Waals surface area contributed by atoms with Crippen LogP contribution in [0.3, 0.4) is 0 Å². The Balaban J connectivity index is 1.60. The van der Waals surface area contributed by atoms with Crippen LogP contribution in [0.2, 0.25) is 0 Å². The topological polar surface area (TPSA) is 121 Å². The van der Waals surface area contributed by atoms with Gasteiger partial charge in [0, 0.05) is 37.2 Å². The highest BCUT2D eigenvalue weighted by Crippen LogP contribution is 2.24. The van der Waals surface area contributed by atoms with Crippen molar-refractivity contribution in [1.29, 1.82) is 0 Å². The molecule has 11 heteroatoms. The van der Waals surface area contributed by atoms with Gasteiger partial charge in [-0.05, 0) is 74.8 Å². The van der Waals surface area contributed by atoms with E-state index in [-0.39, 0.29) is 36.2 Å². The van der Waals surface area contributed by atoms with Gasteiger partial charge in [0.25, 0.3) is 5.91 Å². The number of nitrogens with one attached hydrogen (secondary N) is 2. The summed E-state index contributed by atoms with van der Waals surface area (Å²) in [5.74, 6) is -1.12. The van der Waals surface area contributed by atoms with Crippen LogP contribution in [0.4, 0.5) is 14.6 Å². The van der Waals surface area contributed by atoms with Crippen molar-refractivity contribution in [1.82, 2.24) is 20.6 Å². The second-order valence-corrected chi connectivity index (χ2v) is 10.8. The normalized spacial score (nSPS) is 16.5. The molecule has 2 amide bonds. The van der Waals surface area contributed by atoms with E-state index in [2.05, 4.69) is 34.4 Å². The first-order valence-electron chi connectivity index (χ1n) is 14.7. The van der Waals surface area contributed by atoms with Gasteiger partial charge in [0.15, 0.2) is 0 Å². The minimum Gasteiger partial charge on any atom is -0.443 e. The first-order chi connectivity index (χ1) is 20.2. The molecular weight excluding hydrogens is 544 g/mol. The summed E-state index contributed by atoms with van der Waals surface area (Å²) in [5.41, 5.74) is 0.973. The summed E-state index contributed by atoms with van der Waals surface area (Å²) >= 11 is 0. The molecule has 0 spiro atoms. The molecule has 0 saturated carbocycles. The van der Waals surface area contributed by atoms with E-state index in [1.165, 1.54) is 24.6 Å². The standard InChI is InChI=1S/C31H39F2N5O4/c1-3-11-38(12-4-2)28-18-21(17-26(36-28)31-34-10-13-42-31)30(41)37-25(16-20-14-22(32)19-23(33)15-20)27(39)9-8-24-6-5-7-29(40)35-24/h10,13-15,17-19,24-25,27,39H,3-9,11-12,16H2,1-2H3,(H,35,40)(H,37,41). The summed E-state index contributed by atoms with van der Waals surface area (Å²) in [4.78, 5) is 36.5. The van der Waals surface area contributed by atoms with Gasteiger partial charge in [-0.2, -0.15) is 0 Å². The third-order valence-electron chi connectivity index (χ3n) is 7.33. The molecule has 3 heterocycles. The van der Waals surface area contributed by atoms with E-state index >= 15 is 0 Å². The Hall–Kier alpha value is -3.86. The molecule has 3 unspecified atom stereocenters. The summed E-state index contributed by atoms with van der Waals surface area (Å²) in [6.45, 7) is 5.60. The molecule has 3 atom stereocenters. The Kier molecular flexibility index (Phi) is 11.0. The zero-order chi connectivity index (χ0) is 30.1. The zero-order valence-electron chi connectivity index (χ0n) is 24.1. The molecule has 0 aliphatic carbocycles. The number of carbonyl (C=O) groups is 2. The highest BCUT2D eigenvalue weighted by atomic mass is 19.1. The molecule has 9 nitrogen and oxygen atoms in total. The summed E-state index contributed by atoms with van der Waals surface area (Å²) in [6.07, 6.45) is 6.50. The molecule has 1 fully saturated rings. The van der Waals surface area contributed by atoms with Crippen LogP contribution in [0.1, 0.15) is 74.7 Å². The van der Waals surface area contributed by atoms with Crippen LogP contribution in [-0.2, 0) is 11.2 Å². The van der Waals surface area contributed by atoms with E-state index in [1.807, 2.05) is 0 Å². The van der Waals surface area contributed by atoms with E-state index < -0.39 is 29.7 Å². The number of anilines is 1. The van der Waals surface area contributed by atoms with Gasteiger partial charge in [-0.15, -0.1) is 0 Å². The van der Waals surface area contributed by atoms with E-state index in [1.54, 1.807) is 12.1 Å². The number of hydrogen-bond acceptors (Lipinski definition) is 7. The molecule has 226 valence electrons. The first-order valence-corrected chi connectivity index (χ1v) is 14.7. The molecule has 1 aromatic carbocycles.